The Kier molecular flexibility index (Phi) is 25.1. The smallest absolute Gasteiger partial charge is 0.405 e. The summed E-state index contributed by atoms with van der Waals surface area (Å²) >= 11 is 0. The molecule has 4 N–H and O–H groups in total. The first-order valence-electron chi connectivity index (χ1n) is 44.9. The summed E-state index contributed by atoms with van der Waals surface area (Å²) in [5, 5.41) is 37.7. The molecule has 140 heavy (non-hydrogen) atoms. The van der Waals surface area contributed by atoms with Crippen LogP contribution < -0.4 is 73.5 Å². The summed E-state index contributed by atoms with van der Waals surface area (Å²) in [5.74, 6) is 4.30. The van der Waals surface area contributed by atoms with Gasteiger partial charge < -0.3 is 34.3 Å². The zero-order chi connectivity index (χ0) is 100. The van der Waals surface area contributed by atoms with Crippen molar-refractivity contribution in [2.75, 3.05) is 97.4 Å². The number of hydrogen-bond acceptors (Lipinski definition) is 22. The molecule has 34 nitrogen and oxygen atoms in total. The van der Waals surface area contributed by atoms with Crippen molar-refractivity contribution in [2.24, 2.45) is 7.05 Å². The minimum Gasteiger partial charge on any atom is -0.497 e. The number of benzene rings is 8. The van der Waals surface area contributed by atoms with Crippen LogP contribution in [0.3, 0.4) is 0 Å². The molecule has 21 rings (SSSR count). The van der Waals surface area contributed by atoms with Gasteiger partial charge in [0.2, 0.25) is 11.8 Å². The third-order valence-corrected chi connectivity index (χ3v) is 22.7. The Hall–Kier alpha value is -17.8. The van der Waals surface area contributed by atoms with Crippen LogP contribution >= 0.6 is 0 Å². The number of hydrogen-bond donors (Lipinski definition) is 4. The molecule has 710 valence electrons. The summed E-state index contributed by atoms with van der Waals surface area (Å²) in [7, 11) is 2.34. The number of alkyl halides is 8. The van der Waals surface area contributed by atoms with E-state index >= 15 is 0 Å². The quantitative estimate of drug-likeness (QED) is 0.0432. The van der Waals surface area contributed by atoms with Crippen LogP contribution in [0.2, 0.25) is 0 Å². The second-order valence-corrected chi connectivity index (χ2v) is 32.1. The highest BCUT2D eigenvalue weighted by Gasteiger charge is 2.41. The van der Waals surface area contributed by atoms with Crippen LogP contribution in [0, 0.1) is 11.3 Å². The monoisotopic (exact) mass is 1910 g/mol. The summed E-state index contributed by atoms with van der Waals surface area (Å²) < 4.78 is 154. The molecule has 0 radical (unpaired) electrons. The van der Waals surface area contributed by atoms with E-state index in [1.807, 2.05) is 85.6 Å². The van der Waals surface area contributed by atoms with Gasteiger partial charge >= 0.3 is 36.5 Å². The Bertz CT molecular complexity index is 7370. The number of carbonyl (C=O) groups is 4. The van der Waals surface area contributed by atoms with Gasteiger partial charge in [0.05, 0.1) is 110 Å². The molecule has 0 bridgehead atoms. The van der Waals surface area contributed by atoms with Crippen molar-refractivity contribution in [1.29, 1.82) is 5.26 Å². The topological polar surface area (TPSA) is 359 Å². The van der Waals surface area contributed by atoms with Crippen LogP contribution in [-0.2, 0) is 33.2 Å². The van der Waals surface area contributed by atoms with Gasteiger partial charge in [0.25, 0.3) is 6.43 Å². The fraction of sp³-hybridized carbons (Fsp3) is 0.194. The fourth-order valence-corrected chi connectivity index (χ4v) is 15.8. The number of pyridine rings is 4. The van der Waals surface area contributed by atoms with Crippen LogP contribution in [0.4, 0.5) is 135 Å². The molecular formula is C98H83F8N25O9. The summed E-state index contributed by atoms with van der Waals surface area (Å²) in [6, 6.07) is 66.5. The highest BCUT2D eigenvalue weighted by molar-refractivity contribution is 6.14. The van der Waals surface area contributed by atoms with Crippen molar-refractivity contribution >= 4 is 126 Å². The van der Waals surface area contributed by atoms with Crippen LogP contribution in [0.5, 0.6) is 29.0 Å². The van der Waals surface area contributed by atoms with Gasteiger partial charge in [0, 0.05) is 98.5 Å². The average Bonchev–Trinajstić information content (AvgIpc) is 1.69. The van der Waals surface area contributed by atoms with Crippen LogP contribution in [0.15, 0.2) is 256 Å². The number of carbonyl (C=O) groups excluding carboxylic acids is 4. The van der Waals surface area contributed by atoms with Crippen LogP contribution in [0.1, 0.15) is 57.7 Å². The molecular weight excluding hydrogens is 1820 g/mol. The lowest BCUT2D eigenvalue weighted by molar-refractivity contribution is -0.116. The molecule has 0 spiro atoms. The Labute approximate surface area is 796 Å². The first-order valence-corrected chi connectivity index (χ1v) is 43.4. The van der Waals surface area contributed by atoms with Crippen molar-refractivity contribution < 1.29 is 82.1 Å². The molecule has 42 heteroatoms. The van der Waals surface area contributed by atoms with Crippen molar-refractivity contribution in [3.63, 3.8) is 0 Å². The van der Waals surface area contributed by atoms with Gasteiger partial charge in [-0.1, -0.05) is 0 Å². The lowest BCUT2D eigenvalue weighted by Crippen LogP contribution is -2.45. The number of ether oxygens (including phenoxy) is 5. The number of fused-ring (bicyclic) bond motifs is 6. The number of amides is 8. The molecule has 0 unspecified atom stereocenters. The number of H-pyrrole nitrogens is 2. The van der Waals surface area contributed by atoms with Crippen molar-refractivity contribution in [1.82, 2.24) is 69.9 Å². The number of aromatic nitrogens is 14. The molecule has 12 heterocycles. The minimum atomic E-state index is -4.41. The Morgan fingerprint density at radius 3 is 1.21 bits per heavy atom. The zero-order valence-electron chi connectivity index (χ0n) is 77.6. The SMILES string of the molecule is CCOc1ccc2c(n1)N(c1ccc(OC)cc1)C(=O)N(c1ccc(C#N)cc1)C2.COc1ccc(N2Cc3ccc(NCC(F)(F)F)nc3N(c3ccc(-c4ncn[nH]4)cc3)C2=O)cc1.Cn1cc2cc(N3Cc4ccc(NCC(F)(F)F)nc4N(c4ccc(-c5ncn[nH]5)cc4)C3=O)ccc2n1.[2H]C([2H])([2H])Oc1ccc(N2C(=O)N(c3ccc4nn(C5CC5)cc4c3)Cc3ccc(OCC(F)F)nc32)cc1. The Morgan fingerprint density at radius 1 is 0.457 bits per heavy atom. The van der Waals surface area contributed by atoms with Crippen LogP contribution in [0.25, 0.3) is 44.6 Å². The molecule has 16 aromatic rings. The predicted molar refractivity (Wildman–Crippen MR) is 506 cm³/mol. The number of halogens is 8. The Morgan fingerprint density at radius 2 is 0.829 bits per heavy atom. The van der Waals surface area contributed by atoms with E-state index in [9.17, 15) is 54.3 Å². The maximum Gasteiger partial charge on any atom is 0.405 e. The molecule has 5 aliphatic rings. The van der Waals surface area contributed by atoms with Gasteiger partial charge in [-0.2, -0.15) is 62.0 Å². The van der Waals surface area contributed by atoms with Gasteiger partial charge in [-0.25, -0.2) is 67.5 Å². The van der Waals surface area contributed by atoms with Crippen LogP contribution in [-0.4, -0.2) is 160 Å². The largest absolute Gasteiger partial charge is 0.497 e. The molecule has 0 atom stereocenters. The van der Waals surface area contributed by atoms with Crippen molar-refractivity contribution in [2.45, 2.75) is 70.8 Å². The number of anilines is 14. The van der Waals surface area contributed by atoms with E-state index in [-0.39, 0.29) is 66.4 Å². The number of aromatic amines is 2. The third-order valence-electron chi connectivity index (χ3n) is 22.7. The highest BCUT2D eigenvalue weighted by Crippen LogP contribution is 2.45. The van der Waals surface area contributed by atoms with E-state index in [4.69, 9.17) is 33.1 Å². The summed E-state index contributed by atoms with van der Waals surface area (Å²) in [6.07, 6.45) is -2.67. The average molecular weight is 1910 g/mol. The lowest BCUT2D eigenvalue weighted by atomic mass is 10.1. The minimum absolute atomic E-state index is 0.0139. The van der Waals surface area contributed by atoms with E-state index in [2.05, 4.69) is 77.2 Å². The number of nitriles is 1. The normalized spacial score (nSPS) is 14.4. The van der Waals surface area contributed by atoms with E-state index in [1.165, 1.54) is 69.8 Å². The van der Waals surface area contributed by atoms with E-state index in [1.54, 1.807) is 177 Å². The molecule has 1 saturated carbocycles. The summed E-state index contributed by atoms with van der Waals surface area (Å²) in [6.45, 7) is 0.00801. The standard InChI is InChI=1S/C26H23F2N5O3.C25H20F3N9O.C24H20F3N7O2.C23H20N4O3/c1-35-21-8-5-19(6-9-21)33-25-16(2-11-24(29-25)36-15-23(27)28)13-31(26(33)34)20-7-10-22-17(12-20)14-32(30-22)18-3-4-18;1-35-11-17-10-19(7-8-20(17)34-35)36-12-16-4-9-21(29-13-25(26,27)28)32-23(16)37(24(36)38)18-5-2-15(3-6-18)22-30-14-31-33-22;1-36-19-9-7-17(8-10-19)33-12-16-4-11-20(28-13-24(25,26)27)31-22(16)34(23(33)35)18-5-2-15(3-6-18)21-29-14-30-32-21;1-3-30-21-13-6-17-15-26(18-7-4-16(14-24)5-8-18)23(28)27(22(17)25-21)19-9-11-20(29-2)12-10-19/h2,5-12,14,18,23H,3-4,13,15H2,1H3;2-11,14H,12-13H2,1H3,(H,29,32)(H,30,31,33);2-11,14H,12-13H2,1H3,(H,28,31)(H,29,30,32);4-13H,3,15H2,1-2H3/i1D3;;;. The second kappa shape index (κ2) is 39.6. The molecule has 4 aliphatic heterocycles. The molecule has 8 amide bonds. The molecule has 8 aromatic carbocycles. The van der Waals surface area contributed by atoms with E-state index in [0.29, 0.717) is 122 Å². The molecule has 1 aliphatic carbocycles. The molecule has 1 fully saturated rings. The highest BCUT2D eigenvalue weighted by atomic mass is 19.4. The van der Waals surface area contributed by atoms with Gasteiger partial charge in [-0.05, 0) is 238 Å². The number of nitrogens with zero attached hydrogens (tertiary/aromatic N) is 21. The van der Waals surface area contributed by atoms with Crippen molar-refractivity contribution in [3.8, 4) is 57.9 Å². The maximum atomic E-state index is 13.9. The zero-order valence-corrected chi connectivity index (χ0v) is 74.6. The first-order chi connectivity index (χ1) is 68.8. The first kappa shape index (κ1) is 88.8. The second-order valence-electron chi connectivity index (χ2n) is 32.1. The van der Waals surface area contributed by atoms with E-state index < -0.39 is 63.6 Å². The number of rotatable bonds is 23. The van der Waals surface area contributed by atoms with Crippen molar-refractivity contribution in [3.05, 3.63) is 283 Å². The third kappa shape index (κ3) is 20.4. The fourth-order valence-electron chi connectivity index (χ4n) is 15.8. The Balaban J connectivity index is 0.000000126. The number of nitrogens with one attached hydrogen (secondary N) is 4. The number of aryl methyl sites for hydroxylation is 1. The van der Waals surface area contributed by atoms with Gasteiger partial charge in [0.15, 0.2) is 18.3 Å². The summed E-state index contributed by atoms with van der Waals surface area (Å²) in [4.78, 5) is 93.3. The number of urea groups is 4. The molecule has 8 aromatic heterocycles. The van der Waals surface area contributed by atoms with Gasteiger partial charge in [0.1, 0.15) is 77.9 Å². The van der Waals surface area contributed by atoms with Gasteiger partial charge in [-0.3, -0.25) is 39.2 Å². The predicted octanol–water partition coefficient (Wildman–Crippen LogP) is 20.5. The maximum absolute atomic E-state index is 13.9. The molecule has 0 saturated heterocycles. The summed E-state index contributed by atoms with van der Waals surface area (Å²) in [5.41, 5.74) is 11.2. The van der Waals surface area contributed by atoms with Gasteiger partial charge in [-0.15, -0.1) is 0 Å². The lowest BCUT2D eigenvalue weighted by Gasteiger charge is -2.36. The van der Waals surface area contributed by atoms with E-state index in [0.717, 1.165) is 51.3 Å². The number of methoxy groups -OCH3 is 3.